The van der Waals surface area contributed by atoms with Gasteiger partial charge in [-0.2, -0.15) is 0 Å². The maximum Gasteiger partial charge on any atom is 0.330 e. The van der Waals surface area contributed by atoms with E-state index in [1.165, 1.54) is 30.6 Å². The van der Waals surface area contributed by atoms with Crippen LogP contribution in [0.5, 0.6) is 0 Å². The molecule has 1 aromatic heterocycles. The number of thiophene rings is 1. The van der Waals surface area contributed by atoms with Gasteiger partial charge in [0, 0.05) is 17.0 Å². The first-order valence-corrected chi connectivity index (χ1v) is 5.25. The Kier molecular flexibility index (Phi) is 4.47. The maximum absolute atomic E-state index is 10.8. The summed E-state index contributed by atoms with van der Waals surface area (Å²) in [5, 5.41) is 10.3. The number of carboxylic acids is 1. The fourth-order valence-electron chi connectivity index (χ4n) is 0.929. The lowest BCUT2D eigenvalue weighted by molar-refractivity contribution is -0.135. The van der Waals surface area contributed by atoms with Crippen LogP contribution in [0.1, 0.15) is 10.4 Å². The Morgan fingerprint density at radius 1 is 1.38 bits per heavy atom. The second-order valence-corrected chi connectivity index (χ2v) is 3.75. The van der Waals surface area contributed by atoms with E-state index in [1.54, 1.807) is 12.1 Å². The van der Waals surface area contributed by atoms with E-state index in [1.807, 2.05) is 5.38 Å². The van der Waals surface area contributed by atoms with Crippen molar-refractivity contribution in [3.63, 3.8) is 0 Å². The van der Waals surface area contributed by atoms with Crippen molar-refractivity contribution in [3.8, 4) is 0 Å². The van der Waals surface area contributed by atoms with Gasteiger partial charge in [-0.1, -0.05) is 0 Å². The first-order valence-electron chi connectivity index (χ1n) is 4.37. The normalized spacial score (nSPS) is 11.1. The number of carboxylic acid groups (broad SMARTS) is 1. The smallest absolute Gasteiger partial charge is 0.330 e. The SMILES string of the molecule is COC(=O)C=Cc1csc(/C=C/C(=O)O)c1. The summed E-state index contributed by atoms with van der Waals surface area (Å²) in [4.78, 5) is 21.9. The molecule has 1 aromatic rings. The second-order valence-electron chi connectivity index (χ2n) is 2.81. The summed E-state index contributed by atoms with van der Waals surface area (Å²) in [7, 11) is 1.31. The Morgan fingerprint density at radius 2 is 2.12 bits per heavy atom. The number of ether oxygens (including phenoxy) is 1. The Morgan fingerprint density at radius 3 is 2.75 bits per heavy atom. The van der Waals surface area contributed by atoms with Crippen molar-refractivity contribution in [2.75, 3.05) is 7.11 Å². The van der Waals surface area contributed by atoms with Crippen LogP contribution >= 0.6 is 11.3 Å². The average Bonchev–Trinajstić information content (AvgIpc) is 2.71. The van der Waals surface area contributed by atoms with Crippen LogP contribution in [0.4, 0.5) is 0 Å². The van der Waals surface area contributed by atoms with Crippen molar-refractivity contribution >= 4 is 35.4 Å². The Hall–Kier alpha value is -1.88. The van der Waals surface area contributed by atoms with Gasteiger partial charge in [0.1, 0.15) is 0 Å². The molecule has 0 saturated carbocycles. The largest absolute Gasteiger partial charge is 0.478 e. The predicted molar refractivity (Wildman–Crippen MR) is 62.0 cm³/mol. The third-order valence-electron chi connectivity index (χ3n) is 1.64. The lowest BCUT2D eigenvalue weighted by Gasteiger charge is -1.87. The third kappa shape index (κ3) is 4.10. The standard InChI is InChI=1S/C11H10O4S/c1-15-11(14)5-2-8-6-9(16-7-8)3-4-10(12)13/h2-7H,1H3,(H,12,13)/b4-3+,5-2?. The van der Waals surface area contributed by atoms with Crippen molar-refractivity contribution in [3.05, 3.63) is 34.0 Å². The molecule has 0 aliphatic rings. The fraction of sp³-hybridized carbons (Fsp3) is 0.0909. The van der Waals surface area contributed by atoms with Crippen LogP contribution in [-0.4, -0.2) is 24.2 Å². The molecule has 1 rings (SSSR count). The van der Waals surface area contributed by atoms with Crippen LogP contribution in [0.15, 0.2) is 23.6 Å². The fourth-order valence-corrected chi connectivity index (χ4v) is 1.70. The lowest BCUT2D eigenvalue weighted by Crippen LogP contribution is -1.92. The molecule has 16 heavy (non-hydrogen) atoms. The molecule has 0 spiro atoms. The van der Waals surface area contributed by atoms with Gasteiger partial charge in [0.2, 0.25) is 0 Å². The van der Waals surface area contributed by atoms with E-state index in [4.69, 9.17) is 5.11 Å². The van der Waals surface area contributed by atoms with Gasteiger partial charge in [0.05, 0.1) is 7.11 Å². The summed E-state index contributed by atoms with van der Waals surface area (Å²) in [5.41, 5.74) is 0.834. The quantitative estimate of drug-likeness (QED) is 0.644. The van der Waals surface area contributed by atoms with E-state index in [0.29, 0.717) is 0 Å². The van der Waals surface area contributed by atoms with Gasteiger partial charge in [-0.3, -0.25) is 0 Å². The van der Waals surface area contributed by atoms with Crippen molar-refractivity contribution in [1.82, 2.24) is 0 Å². The summed E-state index contributed by atoms with van der Waals surface area (Å²) in [6.07, 6.45) is 5.50. The van der Waals surface area contributed by atoms with Gasteiger partial charge in [0.15, 0.2) is 0 Å². The molecule has 0 aliphatic carbocycles. The van der Waals surface area contributed by atoms with Gasteiger partial charge >= 0.3 is 11.9 Å². The van der Waals surface area contributed by atoms with Crippen LogP contribution in [0, 0.1) is 0 Å². The zero-order chi connectivity index (χ0) is 12.0. The van der Waals surface area contributed by atoms with Gasteiger partial charge in [-0.05, 0) is 29.2 Å². The average molecular weight is 238 g/mol. The number of hydrogen-bond acceptors (Lipinski definition) is 4. The molecule has 1 heterocycles. The molecule has 0 amide bonds. The molecule has 5 heteroatoms. The Balaban J connectivity index is 2.68. The maximum atomic E-state index is 10.8. The number of esters is 1. The topological polar surface area (TPSA) is 63.6 Å². The highest BCUT2D eigenvalue weighted by atomic mass is 32.1. The van der Waals surface area contributed by atoms with E-state index in [-0.39, 0.29) is 0 Å². The zero-order valence-corrected chi connectivity index (χ0v) is 9.36. The minimum atomic E-state index is -0.986. The molecule has 0 bridgehead atoms. The number of rotatable bonds is 4. The van der Waals surface area contributed by atoms with Gasteiger partial charge in [0.25, 0.3) is 0 Å². The van der Waals surface area contributed by atoms with Crippen LogP contribution in [0.3, 0.4) is 0 Å². The Labute approximate surface area is 96.5 Å². The molecular formula is C11H10O4S. The van der Waals surface area contributed by atoms with Crippen LogP contribution in [0.25, 0.3) is 12.2 Å². The van der Waals surface area contributed by atoms with E-state index in [0.717, 1.165) is 16.5 Å². The molecular weight excluding hydrogens is 228 g/mol. The summed E-state index contributed by atoms with van der Waals surface area (Å²) in [5.74, 6) is -1.41. The van der Waals surface area contributed by atoms with Gasteiger partial charge in [-0.15, -0.1) is 11.3 Å². The third-order valence-corrected chi connectivity index (χ3v) is 2.56. The summed E-state index contributed by atoms with van der Waals surface area (Å²) in [6.45, 7) is 0. The van der Waals surface area contributed by atoms with E-state index >= 15 is 0 Å². The van der Waals surface area contributed by atoms with Crippen molar-refractivity contribution in [1.29, 1.82) is 0 Å². The van der Waals surface area contributed by atoms with Gasteiger partial charge in [-0.25, -0.2) is 9.59 Å². The predicted octanol–water partition coefficient (Wildman–Crippen LogP) is 2.03. The number of carbonyl (C=O) groups is 2. The first kappa shape index (κ1) is 12.2. The van der Waals surface area contributed by atoms with E-state index < -0.39 is 11.9 Å². The highest BCUT2D eigenvalue weighted by Crippen LogP contribution is 2.17. The van der Waals surface area contributed by atoms with Crippen molar-refractivity contribution < 1.29 is 19.4 Å². The molecule has 0 radical (unpaired) electrons. The molecule has 1 N–H and O–H groups in total. The second kappa shape index (κ2) is 5.87. The highest BCUT2D eigenvalue weighted by molar-refractivity contribution is 7.11. The minimum Gasteiger partial charge on any atom is -0.478 e. The monoisotopic (exact) mass is 238 g/mol. The summed E-state index contributed by atoms with van der Waals surface area (Å²) in [6, 6.07) is 1.78. The first-order chi connectivity index (χ1) is 7.61. The molecule has 0 fully saturated rings. The summed E-state index contributed by atoms with van der Waals surface area (Å²) < 4.78 is 4.44. The van der Waals surface area contributed by atoms with E-state index in [2.05, 4.69) is 4.74 Å². The number of carbonyl (C=O) groups excluding carboxylic acids is 1. The zero-order valence-electron chi connectivity index (χ0n) is 8.54. The summed E-state index contributed by atoms with van der Waals surface area (Å²) >= 11 is 1.40. The molecule has 4 nitrogen and oxygen atoms in total. The molecule has 0 aliphatic heterocycles. The van der Waals surface area contributed by atoms with E-state index in [9.17, 15) is 9.59 Å². The molecule has 0 atom stereocenters. The van der Waals surface area contributed by atoms with Crippen LogP contribution < -0.4 is 0 Å². The van der Waals surface area contributed by atoms with Crippen molar-refractivity contribution in [2.24, 2.45) is 0 Å². The van der Waals surface area contributed by atoms with Crippen LogP contribution in [-0.2, 0) is 14.3 Å². The number of methoxy groups -OCH3 is 1. The molecule has 0 saturated heterocycles. The Bertz CT molecular complexity index is 443. The van der Waals surface area contributed by atoms with Crippen LogP contribution in [0.2, 0.25) is 0 Å². The van der Waals surface area contributed by atoms with Gasteiger partial charge < -0.3 is 9.84 Å². The molecule has 0 unspecified atom stereocenters. The number of aliphatic carboxylic acids is 1. The van der Waals surface area contributed by atoms with Crippen molar-refractivity contribution in [2.45, 2.75) is 0 Å². The highest BCUT2D eigenvalue weighted by Gasteiger charge is 1.96. The molecule has 84 valence electrons. The molecule has 0 aromatic carbocycles. The minimum absolute atomic E-state index is 0.422. The lowest BCUT2D eigenvalue weighted by atomic mass is 10.3. The number of hydrogen-bond donors (Lipinski definition) is 1.